The number of nitrogens with zero attached hydrogens (tertiary/aromatic N) is 2. The SMILES string of the molecule is CC(=O)N1c2ccc(N3CCNCC3C(=O)C(C)C)cc2C(Nc2ccc(S(C)(=O)=O)cc2N)CC1C. The van der Waals surface area contributed by atoms with E-state index in [0.29, 0.717) is 30.9 Å². The molecule has 3 atom stereocenters. The van der Waals surface area contributed by atoms with Gasteiger partial charge in [-0.2, -0.15) is 0 Å². The molecular formula is C27H37N5O4S. The number of ketones is 1. The van der Waals surface area contributed by atoms with Crippen LogP contribution in [0.15, 0.2) is 41.3 Å². The first kappa shape index (κ1) is 26.9. The number of fused-ring (bicyclic) bond motifs is 1. The van der Waals surface area contributed by atoms with Crippen molar-refractivity contribution in [1.29, 1.82) is 0 Å². The maximum absolute atomic E-state index is 13.0. The second-order valence-electron chi connectivity index (χ2n) is 10.4. The van der Waals surface area contributed by atoms with Gasteiger partial charge in [0.2, 0.25) is 5.91 Å². The number of carbonyl (C=O) groups is 2. The maximum Gasteiger partial charge on any atom is 0.224 e. The van der Waals surface area contributed by atoms with Crippen LogP contribution in [-0.2, 0) is 19.4 Å². The van der Waals surface area contributed by atoms with Crippen molar-refractivity contribution >= 4 is 44.3 Å². The quantitative estimate of drug-likeness (QED) is 0.490. The Hall–Kier alpha value is -3.11. The van der Waals surface area contributed by atoms with E-state index < -0.39 is 9.84 Å². The molecule has 37 heavy (non-hydrogen) atoms. The Bertz CT molecular complexity index is 1310. The molecule has 10 heteroatoms. The molecule has 4 rings (SSSR count). The van der Waals surface area contributed by atoms with Crippen molar-refractivity contribution in [2.45, 2.75) is 57.1 Å². The van der Waals surface area contributed by atoms with Crippen LogP contribution in [0.25, 0.3) is 0 Å². The van der Waals surface area contributed by atoms with Crippen molar-refractivity contribution in [3.8, 4) is 0 Å². The molecule has 1 saturated heterocycles. The van der Waals surface area contributed by atoms with Crippen LogP contribution in [-0.4, -0.2) is 58.1 Å². The largest absolute Gasteiger partial charge is 0.397 e. The number of benzene rings is 2. The van der Waals surface area contributed by atoms with Gasteiger partial charge in [-0.1, -0.05) is 13.8 Å². The average molecular weight is 528 g/mol. The molecule has 0 radical (unpaired) electrons. The summed E-state index contributed by atoms with van der Waals surface area (Å²) in [5, 5.41) is 6.84. The normalized spacial score (nSPS) is 22.1. The minimum absolute atomic E-state index is 0.0352. The van der Waals surface area contributed by atoms with Gasteiger partial charge in [-0.3, -0.25) is 9.59 Å². The topological polar surface area (TPSA) is 125 Å². The van der Waals surface area contributed by atoms with Crippen LogP contribution in [0.5, 0.6) is 0 Å². The predicted molar refractivity (Wildman–Crippen MR) is 148 cm³/mol. The van der Waals surface area contributed by atoms with Crippen LogP contribution in [0.4, 0.5) is 22.7 Å². The lowest BCUT2D eigenvalue weighted by molar-refractivity contribution is -0.123. The summed E-state index contributed by atoms with van der Waals surface area (Å²) in [6, 6.07) is 10.2. The van der Waals surface area contributed by atoms with E-state index in [4.69, 9.17) is 5.73 Å². The highest BCUT2D eigenvalue weighted by molar-refractivity contribution is 7.90. The summed E-state index contributed by atoms with van der Waals surface area (Å²) in [4.78, 5) is 29.7. The number of hydrogen-bond acceptors (Lipinski definition) is 8. The highest BCUT2D eigenvalue weighted by atomic mass is 32.2. The molecule has 3 unspecified atom stereocenters. The Morgan fingerprint density at radius 2 is 1.89 bits per heavy atom. The molecule has 0 saturated carbocycles. The minimum Gasteiger partial charge on any atom is -0.397 e. The Balaban J connectivity index is 1.75. The zero-order valence-electron chi connectivity index (χ0n) is 22.1. The zero-order valence-corrected chi connectivity index (χ0v) is 22.9. The highest BCUT2D eigenvalue weighted by Gasteiger charge is 2.35. The van der Waals surface area contributed by atoms with Gasteiger partial charge in [0.05, 0.1) is 22.3 Å². The fraction of sp³-hybridized carbons (Fsp3) is 0.481. The number of amides is 1. The molecule has 2 heterocycles. The van der Waals surface area contributed by atoms with Crippen LogP contribution in [0.2, 0.25) is 0 Å². The Morgan fingerprint density at radius 1 is 1.16 bits per heavy atom. The van der Waals surface area contributed by atoms with E-state index in [0.717, 1.165) is 29.7 Å². The van der Waals surface area contributed by atoms with Gasteiger partial charge in [0.15, 0.2) is 15.6 Å². The maximum atomic E-state index is 13.0. The number of anilines is 4. The highest BCUT2D eigenvalue weighted by Crippen LogP contribution is 2.42. The third-order valence-corrected chi connectivity index (χ3v) is 8.37. The van der Waals surface area contributed by atoms with E-state index in [1.807, 2.05) is 37.8 Å². The molecule has 200 valence electrons. The Morgan fingerprint density at radius 3 is 2.51 bits per heavy atom. The third kappa shape index (κ3) is 5.45. The lowest BCUT2D eigenvalue weighted by Crippen LogP contribution is -2.56. The number of carbonyl (C=O) groups excluding carboxylic acids is 2. The van der Waals surface area contributed by atoms with Gasteiger partial charge in [0, 0.05) is 61.7 Å². The van der Waals surface area contributed by atoms with Crippen LogP contribution >= 0.6 is 0 Å². The van der Waals surface area contributed by atoms with E-state index in [1.165, 1.54) is 6.07 Å². The van der Waals surface area contributed by atoms with E-state index >= 15 is 0 Å². The second-order valence-corrected chi connectivity index (χ2v) is 12.4. The number of Topliss-reactive ketones (excluding diaryl/α,β-unsaturated/α-hetero) is 1. The number of hydrogen-bond donors (Lipinski definition) is 3. The van der Waals surface area contributed by atoms with E-state index in [-0.39, 0.29) is 40.6 Å². The fourth-order valence-electron chi connectivity index (χ4n) is 5.39. The monoisotopic (exact) mass is 527 g/mol. The van der Waals surface area contributed by atoms with Gasteiger partial charge >= 0.3 is 0 Å². The lowest BCUT2D eigenvalue weighted by Gasteiger charge is -2.42. The van der Waals surface area contributed by atoms with Crippen LogP contribution in [0, 0.1) is 5.92 Å². The first-order valence-electron chi connectivity index (χ1n) is 12.7. The number of nitrogens with two attached hydrogens (primary N) is 1. The third-order valence-electron chi connectivity index (χ3n) is 7.26. The van der Waals surface area contributed by atoms with Crippen LogP contribution in [0.1, 0.15) is 45.7 Å². The standard InChI is InChI=1S/C27H37N5O4S/c1-16(2)27(34)26-15-29-10-11-31(26)19-6-9-25-21(13-19)24(12-17(3)32(25)18(4)33)30-23-8-7-20(14-22(23)28)37(5,35)36/h6-9,13-14,16-17,24,26,29-30H,10-12,15,28H2,1-5H3. The summed E-state index contributed by atoms with van der Waals surface area (Å²) < 4.78 is 23.9. The fourth-order valence-corrected chi connectivity index (χ4v) is 6.05. The van der Waals surface area contributed by atoms with Gasteiger partial charge in [0.1, 0.15) is 6.04 Å². The Labute approximate surface area is 219 Å². The molecule has 2 aromatic rings. The summed E-state index contributed by atoms with van der Waals surface area (Å²) >= 11 is 0. The molecule has 0 spiro atoms. The second kappa shape index (κ2) is 10.3. The molecule has 1 fully saturated rings. The molecule has 2 aliphatic rings. The average Bonchev–Trinajstić information content (AvgIpc) is 2.83. The molecule has 1 amide bonds. The van der Waals surface area contributed by atoms with Crippen molar-refractivity contribution in [3.63, 3.8) is 0 Å². The molecule has 2 aromatic carbocycles. The van der Waals surface area contributed by atoms with Crippen molar-refractivity contribution in [3.05, 3.63) is 42.0 Å². The Kier molecular flexibility index (Phi) is 7.52. The van der Waals surface area contributed by atoms with Crippen LogP contribution in [0.3, 0.4) is 0 Å². The van der Waals surface area contributed by atoms with Gasteiger partial charge in [0.25, 0.3) is 0 Å². The molecule has 2 aliphatic heterocycles. The number of sulfone groups is 1. The van der Waals surface area contributed by atoms with Gasteiger partial charge in [-0.25, -0.2) is 8.42 Å². The van der Waals surface area contributed by atoms with Gasteiger partial charge in [-0.15, -0.1) is 0 Å². The predicted octanol–water partition coefficient (Wildman–Crippen LogP) is 2.97. The molecule has 4 N–H and O–H groups in total. The first-order valence-corrected chi connectivity index (χ1v) is 14.6. The summed E-state index contributed by atoms with van der Waals surface area (Å²) in [6.07, 6.45) is 1.79. The summed E-state index contributed by atoms with van der Waals surface area (Å²) in [5.74, 6) is 0.0794. The van der Waals surface area contributed by atoms with E-state index in [1.54, 1.807) is 19.1 Å². The van der Waals surface area contributed by atoms with Gasteiger partial charge < -0.3 is 26.2 Å². The zero-order chi connectivity index (χ0) is 27.1. The number of piperazine rings is 1. The minimum atomic E-state index is -3.38. The molecule has 0 aromatic heterocycles. The molecule has 0 bridgehead atoms. The lowest BCUT2D eigenvalue weighted by atomic mass is 9.90. The molecular weight excluding hydrogens is 490 g/mol. The number of rotatable bonds is 6. The van der Waals surface area contributed by atoms with Crippen molar-refractivity contribution in [1.82, 2.24) is 5.32 Å². The van der Waals surface area contributed by atoms with E-state index in [2.05, 4.69) is 21.6 Å². The summed E-state index contributed by atoms with van der Waals surface area (Å²) in [5.41, 5.74) is 9.91. The van der Waals surface area contributed by atoms with Crippen molar-refractivity contribution in [2.75, 3.05) is 46.7 Å². The molecule has 9 nitrogen and oxygen atoms in total. The number of nitrogens with one attached hydrogen (secondary N) is 2. The number of nitrogen functional groups attached to an aromatic ring is 1. The molecule has 0 aliphatic carbocycles. The summed E-state index contributed by atoms with van der Waals surface area (Å²) in [7, 11) is -3.38. The summed E-state index contributed by atoms with van der Waals surface area (Å²) in [6.45, 7) is 9.50. The van der Waals surface area contributed by atoms with Crippen molar-refractivity contribution < 1.29 is 18.0 Å². The van der Waals surface area contributed by atoms with Crippen molar-refractivity contribution in [2.24, 2.45) is 5.92 Å². The van der Waals surface area contributed by atoms with Gasteiger partial charge in [-0.05, 0) is 49.7 Å². The smallest absolute Gasteiger partial charge is 0.224 e. The first-order chi connectivity index (χ1) is 17.4. The van der Waals surface area contributed by atoms with E-state index in [9.17, 15) is 18.0 Å². The van der Waals surface area contributed by atoms with Crippen LogP contribution < -0.4 is 26.2 Å².